The number of halogens is 3. The summed E-state index contributed by atoms with van der Waals surface area (Å²) in [6, 6.07) is 5.96. The van der Waals surface area contributed by atoms with E-state index in [0.29, 0.717) is 41.9 Å². The summed E-state index contributed by atoms with van der Waals surface area (Å²) in [5, 5.41) is 13.6. The first-order chi connectivity index (χ1) is 16.9. The average Bonchev–Trinajstić information content (AvgIpc) is 3.56. The van der Waals surface area contributed by atoms with Crippen LogP contribution in [0, 0.1) is 23.6 Å². The number of amides is 1. The number of aliphatic hydroxyl groups is 1. The van der Waals surface area contributed by atoms with Crippen LogP contribution >= 0.6 is 24.8 Å². The highest BCUT2D eigenvalue weighted by Crippen LogP contribution is 2.41. The number of nitrogens with zero attached hydrogens (tertiary/aromatic N) is 4. The number of carbonyl (C=O) groups is 1. The van der Waals surface area contributed by atoms with Gasteiger partial charge >= 0.3 is 0 Å². The SMILES string of the molecule is CCNC(=O)[C@@H]1CCCC1n1c(-c2cccc(F)c2)nc2c(N)nc(C#CC3(O)CCCC3)nc21.Cl.Cl. The standard InChI is InChI=1S/C26H29FN6O2.2ClH/c1-2-29-25(34)18-9-6-10-19(18)33-23(16-7-5-8-17(27)15-16)32-21-22(28)30-20(31-24(21)33)11-14-26(35)12-3-4-13-26;;/h5,7-8,15,18-19,35H,2-4,6,9-10,12-13H2,1H3,(H,29,34)(H2,28,30,31);2*1H/t18-,19?;;/m1../s1. The number of anilines is 1. The lowest BCUT2D eigenvalue weighted by Gasteiger charge is -2.23. The van der Waals surface area contributed by atoms with Gasteiger partial charge in [-0.3, -0.25) is 4.79 Å². The number of nitrogens with two attached hydrogens (primary N) is 1. The molecule has 2 aromatic heterocycles. The highest BCUT2D eigenvalue weighted by molar-refractivity contribution is 5.87. The molecule has 0 bridgehead atoms. The van der Waals surface area contributed by atoms with Gasteiger partial charge in [-0.15, -0.1) is 24.8 Å². The van der Waals surface area contributed by atoms with E-state index in [1.54, 1.807) is 12.1 Å². The third-order valence-electron chi connectivity index (χ3n) is 6.99. The van der Waals surface area contributed by atoms with E-state index in [2.05, 4.69) is 27.1 Å². The highest BCUT2D eigenvalue weighted by Gasteiger charge is 2.37. The number of hydrogen-bond acceptors (Lipinski definition) is 6. The molecule has 2 aliphatic rings. The van der Waals surface area contributed by atoms with E-state index in [1.807, 2.05) is 11.5 Å². The van der Waals surface area contributed by atoms with Crippen molar-refractivity contribution in [1.29, 1.82) is 0 Å². The molecule has 11 heteroatoms. The van der Waals surface area contributed by atoms with Crippen molar-refractivity contribution in [3.63, 3.8) is 0 Å². The van der Waals surface area contributed by atoms with Crippen LogP contribution in [0.1, 0.15) is 63.7 Å². The second-order valence-electron chi connectivity index (χ2n) is 9.41. The molecule has 2 atom stereocenters. The fourth-order valence-electron chi connectivity index (χ4n) is 5.31. The van der Waals surface area contributed by atoms with Gasteiger partial charge < -0.3 is 20.7 Å². The molecule has 1 unspecified atom stereocenters. The smallest absolute Gasteiger partial charge is 0.225 e. The van der Waals surface area contributed by atoms with Gasteiger partial charge in [0.15, 0.2) is 17.0 Å². The molecular formula is C26H31Cl2FN6O2. The van der Waals surface area contributed by atoms with Gasteiger partial charge in [0.1, 0.15) is 17.2 Å². The zero-order valence-corrected chi connectivity index (χ0v) is 22.2. The van der Waals surface area contributed by atoms with Crippen LogP contribution in [0.5, 0.6) is 0 Å². The van der Waals surface area contributed by atoms with E-state index < -0.39 is 5.60 Å². The molecule has 5 rings (SSSR count). The molecule has 8 nitrogen and oxygen atoms in total. The topological polar surface area (TPSA) is 119 Å². The van der Waals surface area contributed by atoms with Crippen molar-refractivity contribution in [2.24, 2.45) is 5.92 Å². The molecule has 0 spiro atoms. The summed E-state index contributed by atoms with van der Waals surface area (Å²) in [4.78, 5) is 26.6. The first kappa shape index (κ1) is 28.6. The molecule has 1 amide bonds. The van der Waals surface area contributed by atoms with E-state index in [-0.39, 0.29) is 60.1 Å². The first-order valence-corrected chi connectivity index (χ1v) is 12.2. The van der Waals surface area contributed by atoms with Crippen LogP contribution in [0.3, 0.4) is 0 Å². The largest absolute Gasteiger partial charge is 0.382 e. The lowest BCUT2D eigenvalue weighted by molar-refractivity contribution is -0.125. The van der Waals surface area contributed by atoms with Crippen LogP contribution in [0.2, 0.25) is 0 Å². The second kappa shape index (κ2) is 11.6. The van der Waals surface area contributed by atoms with Gasteiger partial charge in [-0.25, -0.2) is 19.3 Å². The minimum atomic E-state index is -1.03. The Balaban J connectivity index is 0.00000190. The summed E-state index contributed by atoms with van der Waals surface area (Å²) in [5.74, 6) is 5.99. The van der Waals surface area contributed by atoms with Crippen LogP contribution in [-0.2, 0) is 4.79 Å². The van der Waals surface area contributed by atoms with E-state index in [9.17, 15) is 14.3 Å². The van der Waals surface area contributed by atoms with E-state index >= 15 is 0 Å². The maximum atomic E-state index is 14.2. The van der Waals surface area contributed by atoms with Gasteiger partial charge in [-0.2, -0.15) is 0 Å². The molecule has 0 radical (unpaired) electrons. The molecule has 2 aliphatic carbocycles. The van der Waals surface area contributed by atoms with Crippen molar-refractivity contribution in [2.75, 3.05) is 12.3 Å². The average molecular weight is 549 g/mol. The summed E-state index contributed by atoms with van der Waals surface area (Å²) in [7, 11) is 0. The first-order valence-electron chi connectivity index (χ1n) is 12.2. The van der Waals surface area contributed by atoms with E-state index in [1.165, 1.54) is 12.1 Å². The predicted molar refractivity (Wildman–Crippen MR) is 145 cm³/mol. The molecule has 198 valence electrons. The third-order valence-corrected chi connectivity index (χ3v) is 6.99. The van der Waals surface area contributed by atoms with Gasteiger partial charge in [-0.1, -0.05) is 24.5 Å². The van der Waals surface area contributed by atoms with E-state index in [4.69, 9.17) is 10.7 Å². The fraction of sp³-hybridized carbons (Fsp3) is 0.462. The van der Waals surface area contributed by atoms with Crippen molar-refractivity contribution in [2.45, 2.75) is 63.5 Å². The predicted octanol–water partition coefficient (Wildman–Crippen LogP) is 4.19. The lowest BCUT2D eigenvalue weighted by Crippen LogP contribution is -2.33. The molecule has 2 saturated carbocycles. The zero-order valence-electron chi connectivity index (χ0n) is 20.5. The molecule has 3 aromatic rings. The quantitative estimate of drug-likeness (QED) is 0.420. The van der Waals surface area contributed by atoms with Crippen LogP contribution in [-0.4, -0.2) is 42.7 Å². The third kappa shape index (κ3) is 5.66. The Kier molecular flexibility index (Phi) is 9.00. The molecule has 0 saturated heterocycles. The van der Waals surface area contributed by atoms with Gasteiger partial charge in [0.2, 0.25) is 11.7 Å². The van der Waals surface area contributed by atoms with Crippen molar-refractivity contribution in [3.05, 3.63) is 35.9 Å². The van der Waals surface area contributed by atoms with Gasteiger partial charge in [0.25, 0.3) is 0 Å². The minimum Gasteiger partial charge on any atom is -0.382 e. The number of benzene rings is 1. The molecule has 0 aliphatic heterocycles. The molecule has 37 heavy (non-hydrogen) atoms. The number of imidazole rings is 1. The monoisotopic (exact) mass is 548 g/mol. The number of fused-ring (bicyclic) bond motifs is 1. The summed E-state index contributed by atoms with van der Waals surface area (Å²) in [6.07, 6.45) is 5.46. The Morgan fingerprint density at radius 1 is 1.22 bits per heavy atom. The van der Waals surface area contributed by atoms with Crippen molar-refractivity contribution in [1.82, 2.24) is 24.8 Å². The maximum Gasteiger partial charge on any atom is 0.225 e. The highest BCUT2D eigenvalue weighted by atomic mass is 35.5. The van der Waals surface area contributed by atoms with Crippen LogP contribution < -0.4 is 11.1 Å². The Bertz CT molecular complexity index is 1350. The number of nitrogen functional groups attached to an aromatic ring is 1. The van der Waals surface area contributed by atoms with Crippen molar-refractivity contribution < 1.29 is 14.3 Å². The van der Waals surface area contributed by atoms with E-state index in [0.717, 1.165) is 32.1 Å². The summed E-state index contributed by atoms with van der Waals surface area (Å²) >= 11 is 0. The number of rotatable bonds is 4. The van der Waals surface area contributed by atoms with Crippen LogP contribution in [0.4, 0.5) is 10.2 Å². The molecule has 4 N–H and O–H groups in total. The van der Waals surface area contributed by atoms with Gasteiger partial charge in [0.05, 0.1) is 5.92 Å². The summed E-state index contributed by atoms with van der Waals surface area (Å²) < 4.78 is 16.1. The second-order valence-corrected chi connectivity index (χ2v) is 9.41. The number of aromatic nitrogens is 4. The Morgan fingerprint density at radius 2 is 1.97 bits per heavy atom. The number of carbonyl (C=O) groups excluding carboxylic acids is 1. The number of nitrogens with one attached hydrogen (secondary N) is 1. The lowest BCUT2D eigenvalue weighted by atomic mass is 10.0. The summed E-state index contributed by atoms with van der Waals surface area (Å²) in [6.45, 7) is 2.44. The normalized spacial score (nSPS) is 20.0. The summed E-state index contributed by atoms with van der Waals surface area (Å²) in [5.41, 5.74) is 6.67. The van der Waals surface area contributed by atoms with Gasteiger partial charge in [-0.05, 0) is 63.5 Å². The zero-order chi connectivity index (χ0) is 24.6. The molecule has 1 aromatic carbocycles. The molecule has 2 fully saturated rings. The molecular weight excluding hydrogens is 518 g/mol. The van der Waals surface area contributed by atoms with Crippen molar-refractivity contribution >= 4 is 47.7 Å². The van der Waals surface area contributed by atoms with Gasteiger partial charge in [0, 0.05) is 18.2 Å². The number of hydrogen-bond donors (Lipinski definition) is 3. The van der Waals surface area contributed by atoms with Crippen LogP contribution in [0.25, 0.3) is 22.6 Å². The maximum absolute atomic E-state index is 14.2. The Labute approximate surface area is 227 Å². The fourth-order valence-corrected chi connectivity index (χ4v) is 5.31. The van der Waals surface area contributed by atoms with Crippen molar-refractivity contribution in [3.8, 4) is 23.2 Å². The minimum absolute atomic E-state index is 0. The van der Waals surface area contributed by atoms with Crippen LogP contribution in [0.15, 0.2) is 24.3 Å². The Hall–Kier alpha value is -2.93. The Morgan fingerprint density at radius 3 is 2.68 bits per heavy atom. The molecule has 2 heterocycles.